The molecule has 0 aliphatic carbocycles. The molecule has 3 rings (SSSR count). The molecule has 126 valence electrons. The van der Waals surface area contributed by atoms with Crippen LogP contribution in [0.4, 0.5) is 0 Å². The van der Waals surface area contributed by atoms with Crippen LogP contribution in [0.2, 0.25) is 0 Å². The molecule has 8 heteroatoms. The highest BCUT2D eigenvalue weighted by Gasteiger charge is 2.41. The van der Waals surface area contributed by atoms with E-state index in [1.807, 2.05) is 4.90 Å². The van der Waals surface area contributed by atoms with Gasteiger partial charge in [0.2, 0.25) is 0 Å². The van der Waals surface area contributed by atoms with Gasteiger partial charge < -0.3 is 4.90 Å². The van der Waals surface area contributed by atoms with Crippen molar-refractivity contribution in [1.29, 1.82) is 0 Å². The van der Waals surface area contributed by atoms with E-state index in [0.29, 0.717) is 25.2 Å². The second-order valence-corrected chi connectivity index (χ2v) is 8.58. The van der Waals surface area contributed by atoms with E-state index >= 15 is 0 Å². The fourth-order valence-corrected chi connectivity index (χ4v) is 4.70. The molecular weight excluding hydrogens is 316 g/mol. The Morgan fingerprint density at radius 2 is 2.26 bits per heavy atom. The first kappa shape index (κ1) is 16.4. The summed E-state index contributed by atoms with van der Waals surface area (Å²) >= 11 is 0. The third kappa shape index (κ3) is 3.54. The van der Waals surface area contributed by atoms with Crippen molar-refractivity contribution in [3.05, 3.63) is 30.1 Å². The number of nitrogens with one attached hydrogen (secondary N) is 2. The molecule has 0 radical (unpaired) electrons. The number of hydrogen-bond acceptors (Lipinski definition) is 6. The van der Waals surface area contributed by atoms with Gasteiger partial charge in [-0.2, -0.15) is 0 Å². The molecule has 0 bridgehead atoms. The zero-order valence-corrected chi connectivity index (χ0v) is 13.9. The van der Waals surface area contributed by atoms with Crippen LogP contribution in [0.5, 0.6) is 0 Å². The predicted octanol–water partition coefficient (Wildman–Crippen LogP) is -0.177. The number of rotatable bonds is 3. The van der Waals surface area contributed by atoms with E-state index in [1.54, 1.807) is 24.5 Å². The SMILES string of the molecule is CS(=O)(=O)C1CNNC1C1CCCN(C(=O)c2cccnc2)C1. The highest BCUT2D eigenvalue weighted by atomic mass is 32.2. The third-order valence-corrected chi connectivity index (χ3v) is 6.24. The Morgan fingerprint density at radius 3 is 2.96 bits per heavy atom. The molecular formula is C15H22N4O3S. The van der Waals surface area contributed by atoms with Gasteiger partial charge in [0.25, 0.3) is 5.91 Å². The van der Waals surface area contributed by atoms with Crippen LogP contribution >= 0.6 is 0 Å². The number of carbonyl (C=O) groups is 1. The minimum atomic E-state index is -3.13. The molecule has 23 heavy (non-hydrogen) atoms. The Morgan fingerprint density at radius 1 is 1.43 bits per heavy atom. The molecule has 0 spiro atoms. The van der Waals surface area contributed by atoms with Crippen LogP contribution in [0.3, 0.4) is 0 Å². The van der Waals surface area contributed by atoms with Gasteiger partial charge in [-0.1, -0.05) is 0 Å². The maximum atomic E-state index is 12.6. The zero-order chi connectivity index (χ0) is 16.4. The number of pyridine rings is 1. The van der Waals surface area contributed by atoms with E-state index in [9.17, 15) is 13.2 Å². The summed E-state index contributed by atoms with van der Waals surface area (Å²) in [6, 6.07) is 3.35. The smallest absolute Gasteiger partial charge is 0.255 e. The third-order valence-electron chi connectivity index (χ3n) is 4.68. The summed E-state index contributed by atoms with van der Waals surface area (Å²) in [5, 5.41) is -0.444. The number of aromatic nitrogens is 1. The van der Waals surface area contributed by atoms with Gasteiger partial charge in [-0.25, -0.2) is 8.42 Å². The van der Waals surface area contributed by atoms with Gasteiger partial charge in [-0.3, -0.25) is 20.6 Å². The summed E-state index contributed by atoms with van der Waals surface area (Å²) in [6.07, 6.45) is 6.29. The molecule has 2 aliphatic heterocycles. The van der Waals surface area contributed by atoms with E-state index in [1.165, 1.54) is 6.26 Å². The molecule has 1 aromatic heterocycles. The van der Waals surface area contributed by atoms with Crippen molar-refractivity contribution in [2.75, 3.05) is 25.9 Å². The molecule has 2 N–H and O–H groups in total. The van der Waals surface area contributed by atoms with Gasteiger partial charge in [-0.15, -0.1) is 0 Å². The van der Waals surface area contributed by atoms with Crippen LogP contribution < -0.4 is 10.9 Å². The molecule has 0 aromatic carbocycles. The maximum Gasteiger partial charge on any atom is 0.255 e. The van der Waals surface area contributed by atoms with Crippen LogP contribution in [0.15, 0.2) is 24.5 Å². The topological polar surface area (TPSA) is 91.4 Å². The first-order valence-corrected chi connectivity index (χ1v) is 9.79. The van der Waals surface area contributed by atoms with Gasteiger partial charge in [0.05, 0.1) is 10.8 Å². The highest BCUT2D eigenvalue weighted by Crippen LogP contribution is 2.26. The molecule has 0 saturated carbocycles. The number of piperidine rings is 1. The molecule has 1 aromatic rings. The summed E-state index contributed by atoms with van der Waals surface area (Å²) in [5.41, 5.74) is 6.64. The van der Waals surface area contributed by atoms with Crippen LogP contribution in [-0.2, 0) is 9.84 Å². The standard InChI is InChI=1S/C15H22N4O3S/c1-23(21,22)13-9-17-18-14(13)12-5-3-7-19(10-12)15(20)11-4-2-6-16-8-11/h2,4,6,8,12-14,17-18H,3,5,7,9-10H2,1H3. The summed E-state index contributed by atoms with van der Waals surface area (Å²) in [4.78, 5) is 18.4. The largest absolute Gasteiger partial charge is 0.338 e. The van der Waals surface area contributed by atoms with E-state index in [4.69, 9.17) is 0 Å². The van der Waals surface area contributed by atoms with Gasteiger partial charge in [0, 0.05) is 44.3 Å². The summed E-state index contributed by atoms with van der Waals surface area (Å²) in [7, 11) is -3.13. The van der Waals surface area contributed by atoms with Crippen molar-refractivity contribution in [3.8, 4) is 0 Å². The number of hydrogen-bond donors (Lipinski definition) is 2. The molecule has 1 amide bonds. The molecule has 2 fully saturated rings. The van der Waals surface area contributed by atoms with Crippen molar-refractivity contribution in [3.63, 3.8) is 0 Å². The van der Waals surface area contributed by atoms with Crippen LogP contribution in [0.25, 0.3) is 0 Å². The number of nitrogens with zero attached hydrogens (tertiary/aromatic N) is 2. The van der Waals surface area contributed by atoms with Crippen molar-refractivity contribution in [2.45, 2.75) is 24.1 Å². The van der Waals surface area contributed by atoms with Crippen LogP contribution in [0.1, 0.15) is 23.2 Å². The lowest BCUT2D eigenvalue weighted by Gasteiger charge is -2.37. The summed E-state index contributed by atoms with van der Waals surface area (Å²) in [6.45, 7) is 1.68. The van der Waals surface area contributed by atoms with Crippen LogP contribution in [0, 0.1) is 5.92 Å². The van der Waals surface area contributed by atoms with E-state index in [-0.39, 0.29) is 17.9 Å². The first-order chi connectivity index (χ1) is 11.0. The van der Waals surface area contributed by atoms with E-state index < -0.39 is 15.1 Å². The Bertz CT molecular complexity index is 665. The fourth-order valence-electron chi connectivity index (χ4n) is 3.50. The number of likely N-dealkylation sites (tertiary alicyclic amines) is 1. The van der Waals surface area contributed by atoms with Crippen molar-refractivity contribution in [1.82, 2.24) is 20.7 Å². The molecule has 2 aliphatic rings. The number of sulfone groups is 1. The van der Waals surface area contributed by atoms with Gasteiger partial charge >= 0.3 is 0 Å². The molecule has 3 atom stereocenters. The monoisotopic (exact) mass is 338 g/mol. The lowest BCUT2D eigenvalue weighted by Crippen LogP contribution is -2.51. The van der Waals surface area contributed by atoms with Gasteiger partial charge in [0.1, 0.15) is 0 Å². The lowest BCUT2D eigenvalue weighted by atomic mass is 9.89. The normalized spacial score (nSPS) is 28.7. The summed E-state index contributed by atoms with van der Waals surface area (Å²) < 4.78 is 23.9. The number of hydrazine groups is 1. The Hall–Kier alpha value is -1.51. The average Bonchev–Trinajstić information content (AvgIpc) is 3.05. The average molecular weight is 338 g/mol. The minimum Gasteiger partial charge on any atom is -0.338 e. The first-order valence-electron chi connectivity index (χ1n) is 7.83. The molecule has 7 nitrogen and oxygen atoms in total. The quantitative estimate of drug-likeness (QED) is 0.795. The Balaban J connectivity index is 1.72. The van der Waals surface area contributed by atoms with Gasteiger partial charge in [-0.05, 0) is 30.9 Å². The summed E-state index contributed by atoms with van der Waals surface area (Å²) in [5.74, 6) is 0.0868. The number of amides is 1. The van der Waals surface area contributed by atoms with E-state index in [2.05, 4.69) is 15.8 Å². The molecule has 3 unspecified atom stereocenters. The Labute approximate surface area is 136 Å². The lowest BCUT2D eigenvalue weighted by molar-refractivity contribution is 0.0650. The molecule has 3 heterocycles. The second-order valence-electron chi connectivity index (χ2n) is 6.31. The fraction of sp³-hybridized carbons (Fsp3) is 0.600. The van der Waals surface area contributed by atoms with Crippen molar-refractivity contribution >= 4 is 15.7 Å². The number of carbonyl (C=O) groups excluding carboxylic acids is 1. The van der Waals surface area contributed by atoms with Crippen molar-refractivity contribution < 1.29 is 13.2 Å². The highest BCUT2D eigenvalue weighted by molar-refractivity contribution is 7.91. The van der Waals surface area contributed by atoms with Crippen LogP contribution in [-0.4, -0.2) is 61.4 Å². The minimum absolute atomic E-state index is 0.0374. The van der Waals surface area contributed by atoms with Crippen molar-refractivity contribution in [2.24, 2.45) is 5.92 Å². The van der Waals surface area contributed by atoms with E-state index in [0.717, 1.165) is 12.8 Å². The second kappa shape index (κ2) is 6.54. The zero-order valence-electron chi connectivity index (χ0n) is 13.1. The predicted molar refractivity (Wildman–Crippen MR) is 86.4 cm³/mol. The van der Waals surface area contributed by atoms with Gasteiger partial charge in [0.15, 0.2) is 9.84 Å². The maximum absolute atomic E-state index is 12.6. The Kier molecular flexibility index (Phi) is 4.65. The molecule has 2 saturated heterocycles.